The summed E-state index contributed by atoms with van der Waals surface area (Å²) >= 11 is 3.42. The summed E-state index contributed by atoms with van der Waals surface area (Å²) in [5.74, 6) is 0.733. The summed E-state index contributed by atoms with van der Waals surface area (Å²) in [4.78, 5) is 13.8. The van der Waals surface area contributed by atoms with Crippen LogP contribution in [0.2, 0.25) is 0 Å². The maximum absolute atomic E-state index is 12.0. The molecule has 1 saturated carbocycles. The van der Waals surface area contributed by atoms with Crippen molar-refractivity contribution in [3.63, 3.8) is 0 Å². The highest BCUT2D eigenvalue weighted by atomic mass is 79.9. The highest BCUT2D eigenvalue weighted by Gasteiger charge is 2.37. The van der Waals surface area contributed by atoms with Crippen LogP contribution >= 0.6 is 15.9 Å². The average molecular weight is 304 g/mol. The Morgan fingerprint density at radius 1 is 1.47 bits per heavy atom. The molecule has 4 heteroatoms. The molecular formula is C13H22BrNO2. The summed E-state index contributed by atoms with van der Waals surface area (Å²) in [7, 11) is 0. The topological polar surface area (TPSA) is 40.5 Å². The molecule has 98 valence electrons. The van der Waals surface area contributed by atoms with Crippen molar-refractivity contribution in [2.24, 2.45) is 5.92 Å². The molecule has 2 aliphatic rings. The molecule has 0 spiro atoms. The van der Waals surface area contributed by atoms with E-state index >= 15 is 0 Å². The largest absolute Gasteiger partial charge is 0.388 e. The van der Waals surface area contributed by atoms with E-state index in [0.717, 1.165) is 38.6 Å². The van der Waals surface area contributed by atoms with Gasteiger partial charge in [0, 0.05) is 13.1 Å². The van der Waals surface area contributed by atoms with Crippen LogP contribution in [0.3, 0.4) is 0 Å². The lowest BCUT2D eigenvalue weighted by Gasteiger charge is -2.41. The molecule has 2 fully saturated rings. The predicted octanol–water partition coefficient (Wildman–Crippen LogP) is 2.31. The highest BCUT2D eigenvalue weighted by Crippen LogP contribution is 2.33. The molecule has 0 aromatic heterocycles. The molecule has 1 aliphatic heterocycles. The Bertz CT molecular complexity index is 297. The molecule has 1 aliphatic carbocycles. The predicted molar refractivity (Wildman–Crippen MR) is 71.1 cm³/mol. The molecule has 0 aromatic rings. The number of hydrogen-bond donors (Lipinski definition) is 1. The second-order valence-electron chi connectivity index (χ2n) is 5.80. The maximum atomic E-state index is 12.0. The minimum absolute atomic E-state index is 0.0409. The molecule has 0 radical (unpaired) electrons. The van der Waals surface area contributed by atoms with Gasteiger partial charge in [0.05, 0.1) is 10.4 Å². The number of piperidine rings is 1. The van der Waals surface area contributed by atoms with Crippen LogP contribution in [0.5, 0.6) is 0 Å². The monoisotopic (exact) mass is 303 g/mol. The fourth-order valence-corrected chi connectivity index (χ4v) is 3.79. The smallest absolute Gasteiger partial charge is 0.236 e. The van der Waals surface area contributed by atoms with Crippen LogP contribution in [-0.4, -0.2) is 39.4 Å². The number of carbonyl (C=O) groups is 1. The maximum Gasteiger partial charge on any atom is 0.236 e. The first-order valence-electron chi connectivity index (χ1n) is 6.65. The summed E-state index contributed by atoms with van der Waals surface area (Å²) in [6, 6.07) is 0. The third kappa shape index (κ3) is 3.22. The lowest BCUT2D eigenvalue weighted by atomic mass is 9.78. The van der Waals surface area contributed by atoms with E-state index in [1.165, 1.54) is 6.42 Å². The van der Waals surface area contributed by atoms with Crippen LogP contribution in [0.1, 0.15) is 45.4 Å². The number of likely N-dealkylation sites (tertiary alicyclic amines) is 1. The Kier molecular flexibility index (Phi) is 4.14. The van der Waals surface area contributed by atoms with Gasteiger partial charge in [0.1, 0.15) is 0 Å². The molecule has 3 nitrogen and oxygen atoms in total. The third-order valence-electron chi connectivity index (χ3n) is 4.02. The normalized spacial score (nSPS) is 39.5. The molecule has 3 unspecified atom stereocenters. The highest BCUT2D eigenvalue weighted by molar-refractivity contribution is 9.10. The molecule has 1 amide bonds. The fraction of sp³-hybridized carbons (Fsp3) is 0.923. The van der Waals surface area contributed by atoms with E-state index in [1.54, 1.807) is 0 Å². The van der Waals surface area contributed by atoms with Gasteiger partial charge >= 0.3 is 0 Å². The van der Waals surface area contributed by atoms with Crippen LogP contribution in [0.4, 0.5) is 0 Å². The number of hydrogen-bond acceptors (Lipinski definition) is 2. The van der Waals surface area contributed by atoms with Crippen molar-refractivity contribution in [3.8, 4) is 0 Å². The van der Waals surface area contributed by atoms with Gasteiger partial charge in [-0.05, 0) is 31.6 Å². The van der Waals surface area contributed by atoms with Gasteiger partial charge in [-0.2, -0.15) is 0 Å². The first-order chi connectivity index (χ1) is 8.00. The van der Waals surface area contributed by atoms with Crippen molar-refractivity contribution >= 4 is 21.8 Å². The second kappa shape index (κ2) is 5.27. The zero-order valence-electron chi connectivity index (χ0n) is 10.5. The van der Waals surface area contributed by atoms with Crippen LogP contribution in [0.15, 0.2) is 0 Å². The summed E-state index contributed by atoms with van der Waals surface area (Å²) < 4.78 is 0. The van der Waals surface area contributed by atoms with E-state index in [9.17, 15) is 9.90 Å². The van der Waals surface area contributed by atoms with E-state index in [4.69, 9.17) is 0 Å². The minimum Gasteiger partial charge on any atom is -0.388 e. The summed E-state index contributed by atoms with van der Waals surface area (Å²) in [6.07, 6.45) is 5.92. The summed E-state index contributed by atoms with van der Waals surface area (Å²) in [5.41, 5.74) is -0.641. The van der Waals surface area contributed by atoms with E-state index in [-0.39, 0.29) is 10.7 Å². The number of rotatable bonds is 2. The lowest BCUT2D eigenvalue weighted by molar-refractivity contribution is -0.138. The van der Waals surface area contributed by atoms with Crippen molar-refractivity contribution in [2.75, 3.05) is 13.1 Å². The molecule has 3 atom stereocenters. The van der Waals surface area contributed by atoms with Crippen molar-refractivity contribution < 1.29 is 9.90 Å². The lowest BCUT2D eigenvalue weighted by Crippen LogP contribution is -2.51. The van der Waals surface area contributed by atoms with Crippen LogP contribution in [-0.2, 0) is 4.79 Å². The van der Waals surface area contributed by atoms with E-state index in [2.05, 4.69) is 22.9 Å². The molecule has 1 heterocycles. The summed E-state index contributed by atoms with van der Waals surface area (Å²) in [6.45, 7) is 3.52. The number of nitrogens with zero attached hydrogens (tertiary/aromatic N) is 1. The van der Waals surface area contributed by atoms with Gasteiger partial charge in [-0.3, -0.25) is 4.79 Å². The average Bonchev–Trinajstić information content (AvgIpc) is 2.24. The molecule has 1 saturated heterocycles. The van der Waals surface area contributed by atoms with Crippen LogP contribution in [0.25, 0.3) is 0 Å². The van der Waals surface area contributed by atoms with E-state index < -0.39 is 5.60 Å². The number of β-amino-alcohol motifs (C(OH)–C–C–N with tert-alkyl or cyclic N) is 1. The summed E-state index contributed by atoms with van der Waals surface area (Å²) in [5, 5.41) is 10.6. The first kappa shape index (κ1) is 13.3. The number of carbonyl (C=O) groups excluding carboxylic acids is 1. The third-order valence-corrected chi connectivity index (χ3v) is 4.87. The van der Waals surface area contributed by atoms with Gasteiger partial charge in [-0.1, -0.05) is 35.7 Å². The molecule has 0 bridgehead atoms. The zero-order chi connectivity index (χ0) is 12.5. The van der Waals surface area contributed by atoms with Gasteiger partial charge in [0.15, 0.2) is 0 Å². The Morgan fingerprint density at radius 3 is 2.94 bits per heavy atom. The fourth-order valence-electron chi connectivity index (χ4n) is 3.18. The quantitative estimate of drug-likeness (QED) is 0.795. The second-order valence-corrected chi connectivity index (χ2v) is 6.90. The van der Waals surface area contributed by atoms with Gasteiger partial charge in [0.2, 0.25) is 5.91 Å². The van der Waals surface area contributed by atoms with Gasteiger partial charge in [-0.15, -0.1) is 0 Å². The van der Waals surface area contributed by atoms with Gasteiger partial charge in [-0.25, -0.2) is 0 Å². The SMILES string of the molecule is CC1CCCC(O)(CN2CCCC(Br)C2=O)C1. The van der Waals surface area contributed by atoms with Crippen LogP contribution in [0, 0.1) is 5.92 Å². The molecule has 2 rings (SSSR count). The number of aliphatic hydroxyl groups is 1. The molecule has 17 heavy (non-hydrogen) atoms. The van der Waals surface area contributed by atoms with E-state index in [1.807, 2.05) is 4.90 Å². The van der Waals surface area contributed by atoms with Crippen molar-refractivity contribution in [3.05, 3.63) is 0 Å². The number of halogens is 1. The van der Waals surface area contributed by atoms with Gasteiger partial charge in [0.25, 0.3) is 0 Å². The van der Waals surface area contributed by atoms with Crippen molar-refractivity contribution in [1.82, 2.24) is 4.90 Å². The first-order valence-corrected chi connectivity index (χ1v) is 7.57. The molecule has 0 aromatic carbocycles. The van der Waals surface area contributed by atoms with Crippen LogP contribution < -0.4 is 0 Å². The number of alkyl halides is 1. The Hall–Kier alpha value is -0.0900. The Balaban J connectivity index is 1.97. The number of amides is 1. The van der Waals surface area contributed by atoms with Crippen molar-refractivity contribution in [1.29, 1.82) is 0 Å². The molecule has 1 N–H and O–H groups in total. The molecular weight excluding hydrogens is 282 g/mol. The Morgan fingerprint density at radius 2 is 2.24 bits per heavy atom. The van der Waals surface area contributed by atoms with Crippen molar-refractivity contribution in [2.45, 2.75) is 55.9 Å². The van der Waals surface area contributed by atoms with Gasteiger partial charge < -0.3 is 10.0 Å². The standard InChI is InChI=1S/C13H22BrNO2/c1-10-4-2-6-13(17,8-10)9-15-7-3-5-11(14)12(15)16/h10-11,17H,2-9H2,1H3. The van der Waals surface area contributed by atoms with E-state index in [0.29, 0.717) is 12.5 Å². The zero-order valence-corrected chi connectivity index (χ0v) is 12.1. The Labute approximate surface area is 112 Å². The minimum atomic E-state index is -0.641.